The predicted octanol–water partition coefficient (Wildman–Crippen LogP) is 1.34. The number of aromatic nitrogens is 2. The number of fused-ring (bicyclic) bond motifs is 1. The van der Waals surface area contributed by atoms with Crippen LogP contribution < -0.4 is 10.5 Å². The Morgan fingerprint density at radius 1 is 1.48 bits per heavy atom. The molecule has 3 N–H and O–H groups in total. The molecule has 2 aromatic rings. The highest BCUT2D eigenvalue weighted by atomic mass is 16.5. The first-order chi connectivity index (χ1) is 10.1. The number of nitrogens with two attached hydrogens (primary N) is 1. The lowest BCUT2D eigenvalue weighted by Gasteiger charge is -2.40. The maximum Gasteiger partial charge on any atom is 0.122 e. The van der Waals surface area contributed by atoms with Gasteiger partial charge in [0.1, 0.15) is 5.75 Å². The normalized spacial score (nSPS) is 22.5. The van der Waals surface area contributed by atoms with E-state index in [2.05, 4.69) is 5.10 Å². The molecule has 1 aliphatic rings. The highest BCUT2D eigenvalue weighted by molar-refractivity contribution is 5.37. The Kier molecular flexibility index (Phi) is 3.47. The van der Waals surface area contributed by atoms with Crippen LogP contribution >= 0.6 is 0 Å². The van der Waals surface area contributed by atoms with Crippen molar-refractivity contribution in [3.8, 4) is 5.75 Å². The van der Waals surface area contributed by atoms with E-state index in [4.69, 9.17) is 10.5 Å². The number of aryl methyl sites for hydroxylation is 1. The summed E-state index contributed by atoms with van der Waals surface area (Å²) in [5.74, 6) is 0.886. The summed E-state index contributed by atoms with van der Waals surface area (Å²) in [6, 6.07) is 7.92. The lowest BCUT2D eigenvalue weighted by atomic mass is 9.73. The molecule has 0 aliphatic carbocycles. The Morgan fingerprint density at radius 2 is 2.24 bits per heavy atom. The number of nitrogens with zero attached hydrogens (tertiary/aromatic N) is 2. The van der Waals surface area contributed by atoms with Crippen molar-refractivity contribution < 1.29 is 9.84 Å². The molecule has 2 atom stereocenters. The summed E-state index contributed by atoms with van der Waals surface area (Å²) >= 11 is 0. The maximum absolute atomic E-state index is 10.9. The Bertz CT molecular complexity index is 653. The smallest absolute Gasteiger partial charge is 0.122 e. The van der Waals surface area contributed by atoms with Crippen LogP contribution in [0.15, 0.2) is 30.5 Å². The Labute approximate surface area is 124 Å². The second kappa shape index (κ2) is 5.16. The second-order valence-electron chi connectivity index (χ2n) is 5.85. The monoisotopic (exact) mass is 287 g/mol. The van der Waals surface area contributed by atoms with Crippen LogP contribution in [0.5, 0.6) is 5.75 Å². The summed E-state index contributed by atoms with van der Waals surface area (Å²) < 4.78 is 7.62. The van der Waals surface area contributed by atoms with E-state index in [1.54, 1.807) is 10.9 Å². The third kappa shape index (κ3) is 2.22. The Morgan fingerprint density at radius 3 is 2.90 bits per heavy atom. The largest absolute Gasteiger partial charge is 0.493 e. The molecule has 0 radical (unpaired) electrons. The van der Waals surface area contributed by atoms with Crippen LogP contribution in [0.2, 0.25) is 0 Å². The van der Waals surface area contributed by atoms with Crippen molar-refractivity contribution in [3.63, 3.8) is 0 Å². The van der Waals surface area contributed by atoms with Gasteiger partial charge in [0.2, 0.25) is 0 Å². The first-order valence-corrected chi connectivity index (χ1v) is 7.15. The summed E-state index contributed by atoms with van der Waals surface area (Å²) in [6.45, 7) is 2.72. The van der Waals surface area contributed by atoms with Gasteiger partial charge in [0, 0.05) is 24.8 Å². The third-order valence-electron chi connectivity index (χ3n) is 4.58. The number of hydrogen-bond donors (Lipinski definition) is 2. The van der Waals surface area contributed by atoms with Crippen LogP contribution in [0.4, 0.5) is 0 Å². The summed E-state index contributed by atoms with van der Waals surface area (Å²) in [6.07, 6.45) is 1.73. The van der Waals surface area contributed by atoms with Crippen molar-refractivity contribution >= 4 is 0 Å². The maximum atomic E-state index is 10.9. The Balaban J connectivity index is 1.97. The van der Waals surface area contributed by atoms with Crippen molar-refractivity contribution in [1.82, 2.24) is 9.78 Å². The lowest BCUT2D eigenvalue weighted by Crippen LogP contribution is -2.46. The minimum atomic E-state index is -0.690. The van der Waals surface area contributed by atoms with E-state index < -0.39 is 11.5 Å². The molecule has 5 nitrogen and oxygen atoms in total. The number of para-hydroxylation sites is 1. The van der Waals surface area contributed by atoms with Gasteiger partial charge in [0.25, 0.3) is 0 Å². The summed E-state index contributed by atoms with van der Waals surface area (Å²) in [7, 11) is 1.87. The van der Waals surface area contributed by atoms with Crippen molar-refractivity contribution in [2.45, 2.75) is 19.4 Å². The number of aliphatic hydroxyl groups is 1. The summed E-state index contributed by atoms with van der Waals surface area (Å²) in [5.41, 5.74) is 8.38. The highest BCUT2D eigenvalue weighted by Crippen LogP contribution is 2.42. The van der Waals surface area contributed by atoms with Gasteiger partial charge in [-0.1, -0.05) is 18.2 Å². The van der Waals surface area contributed by atoms with E-state index >= 15 is 0 Å². The Hall–Kier alpha value is -1.85. The predicted molar refractivity (Wildman–Crippen MR) is 80.0 cm³/mol. The quantitative estimate of drug-likeness (QED) is 0.893. The summed E-state index contributed by atoms with van der Waals surface area (Å²) in [5, 5.41) is 15.1. The fourth-order valence-corrected chi connectivity index (χ4v) is 2.97. The molecule has 2 heterocycles. The topological polar surface area (TPSA) is 73.3 Å². The van der Waals surface area contributed by atoms with E-state index in [0.29, 0.717) is 19.6 Å². The highest BCUT2D eigenvalue weighted by Gasteiger charge is 2.43. The summed E-state index contributed by atoms with van der Waals surface area (Å²) in [4.78, 5) is 0. The molecule has 1 aromatic heterocycles. The van der Waals surface area contributed by atoms with Gasteiger partial charge in [-0.3, -0.25) is 4.68 Å². The minimum absolute atomic E-state index is 0.358. The molecule has 21 heavy (non-hydrogen) atoms. The van der Waals surface area contributed by atoms with Crippen molar-refractivity contribution in [3.05, 3.63) is 47.3 Å². The first kappa shape index (κ1) is 14.1. The van der Waals surface area contributed by atoms with E-state index in [1.807, 2.05) is 38.2 Å². The van der Waals surface area contributed by atoms with E-state index in [9.17, 15) is 5.11 Å². The SMILES string of the molecule is Cc1c(C(O)C2(CN)COc3ccccc3C2)cnn1C. The molecule has 112 valence electrons. The van der Waals surface area contributed by atoms with Gasteiger partial charge < -0.3 is 15.6 Å². The molecule has 0 bridgehead atoms. The molecule has 3 rings (SSSR count). The van der Waals surface area contributed by atoms with Gasteiger partial charge in [-0.15, -0.1) is 0 Å². The van der Waals surface area contributed by atoms with Crippen LogP contribution in [-0.2, 0) is 13.5 Å². The molecule has 1 aromatic carbocycles. The molecule has 5 heteroatoms. The van der Waals surface area contributed by atoms with Gasteiger partial charge >= 0.3 is 0 Å². The van der Waals surface area contributed by atoms with Gasteiger partial charge in [-0.05, 0) is 25.0 Å². The zero-order chi connectivity index (χ0) is 15.0. The van der Waals surface area contributed by atoms with Gasteiger partial charge in [0.15, 0.2) is 0 Å². The fourth-order valence-electron chi connectivity index (χ4n) is 2.97. The van der Waals surface area contributed by atoms with Crippen LogP contribution in [-0.4, -0.2) is 28.0 Å². The van der Waals surface area contributed by atoms with Gasteiger partial charge in [-0.25, -0.2) is 0 Å². The van der Waals surface area contributed by atoms with Gasteiger partial charge in [0.05, 0.1) is 24.3 Å². The molecule has 2 unspecified atom stereocenters. The van der Waals surface area contributed by atoms with Crippen LogP contribution in [0, 0.1) is 12.3 Å². The van der Waals surface area contributed by atoms with Crippen molar-refractivity contribution in [1.29, 1.82) is 0 Å². The molecule has 0 saturated heterocycles. The molecule has 0 amide bonds. The van der Waals surface area contributed by atoms with E-state index in [1.165, 1.54) is 0 Å². The molecular weight excluding hydrogens is 266 g/mol. The van der Waals surface area contributed by atoms with Crippen LogP contribution in [0.1, 0.15) is 22.9 Å². The van der Waals surface area contributed by atoms with Crippen molar-refractivity contribution in [2.24, 2.45) is 18.2 Å². The standard InChI is InChI=1S/C16H21N3O2/c1-11-13(8-18-19(11)2)15(20)16(9-17)7-12-5-3-4-6-14(12)21-10-16/h3-6,8,15,20H,7,9-10,17H2,1-2H3. The number of rotatable bonds is 3. The molecule has 0 fully saturated rings. The van der Waals surface area contributed by atoms with Gasteiger partial charge in [-0.2, -0.15) is 5.10 Å². The molecular formula is C16H21N3O2. The molecule has 1 aliphatic heterocycles. The zero-order valence-corrected chi connectivity index (χ0v) is 12.4. The van der Waals surface area contributed by atoms with E-state index in [-0.39, 0.29) is 0 Å². The third-order valence-corrected chi connectivity index (χ3v) is 4.58. The van der Waals surface area contributed by atoms with E-state index in [0.717, 1.165) is 22.6 Å². The van der Waals surface area contributed by atoms with Crippen LogP contribution in [0.25, 0.3) is 0 Å². The fraction of sp³-hybridized carbons (Fsp3) is 0.438. The molecule has 0 saturated carbocycles. The first-order valence-electron chi connectivity index (χ1n) is 7.15. The zero-order valence-electron chi connectivity index (χ0n) is 12.4. The number of benzene rings is 1. The van der Waals surface area contributed by atoms with Crippen molar-refractivity contribution in [2.75, 3.05) is 13.2 Å². The number of aliphatic hydroxyl groups excluding tert-OH is 1. The average molecular weight is 287 g/mol. The molecule has 0 spiro atoms. The second-order valence-corrected chi connectivity index (χ2v) is 5.85. The minimum Gasteiger partial charge on any atom is -0.493 e. The van der Waals surface area contributed by atoms with Crippen LogP contribution in [0.3, 0.4) is 0 Å². The number of hydrogen-bond acceptors (Lipinski definition) is 4. The lowest BCUT2D eigenvalue weighted by molar-refractivity contribution is -0.0165. The average Bonchev–Trinajstić information content (AvgIpc) is 2.85. The number of ether oxygens (including phenoxy) is 1.